The lowest BCUT2D eigenvalue weighted by atomic mass is 9.76. The highest BCUT2D eigenvalue weighted by Crippen LogP contribution is 2.50. The number of ether oxygens (including phenoxy) is 1. The summed E-state index contributed by atoms with van der Waals surface area (Å²) < 4.78 is 10.7. The van der Waals surface area contributed by atoms with Crippen LogP contribution in [0.25, 0.3) is 0 Å². The lowest BCUT2D eigenvalue weighted by Gasteiger charge is -2.32. The number of imide groups is 1. The van der Waals surface area contributed by atoms with Crippen molar-refractivity contribution in [1.29, 1.82) is 0 Å². The van der Waals surface area contributed by atoms with Crippen LogP contribution in [0.2, 0.25) is 0 Å². The van der Waals surface area contributed by atoms with Crippen molar-refractivity contribution in [2.75, 3.05) is 13.7 Å². The molecule has 7 nitrogen and oxygen atoms in total. The SMILES string of the molecule is CCN1C(=O)[C@@H]2[C@@H](c3ccco3)N[C@@](Cc3ccccc3)(C(=O)OC)[C@@H]2C1=O. The molecule has 4 atom stereocenters. The van der Waals surface area contributed by atoms with Gasteiger partial charge >= 0.3 is 5.97 Å². The number of nitrogens with zero attached hydrogens (tertiary/aromatic N) is 1. The van der Waals surface area contributed by atoms with Gasteiger partial charge in [0.25, 0.3) is 0 Å². The number of fused-ring (bicyclic) bond motifs is 1. The Kier molecular flexibility index (Phi) is 4.55. The number of hydrogen-bond acceptors (Lipinski definition) is 6. The topological polar surface area (TPSA) is 88.8 Å². The number of amides is 2. The number of hydrogen-bond donors (Lipinski definition) is 1. The molecule has 2 amide bonds. The molecule has 0 aliphatic carbocycles. The first-order valence-electron chi connectivity index (χ1n) is 9.32. The maximum absolute atomic E-state index is 13.2. The van der Waals surface area contributed by atoms with E-state index >= 15 is 0 Å². The van der Waals surface area contributed by atoms with E-state index in [9.17, 15) is 14.4 Å². The highest BCUT2D eigenvalue weighted by Gasteiger charge is 2.68. The first kappa shape index (κ1) is 18.4. The van der Waals surface area contributed by atoms with Crippen molar-refractivity contribution in [3.8, 4) is 0 Å². The van der Waals surface area contributed by atoms with E-state index in [1.54, 1.807) is 19.1 Å². The van der Waals surface area contributed by atoms with Crippen molar-refractivity contribution in [3.63, 3.8) is 0 Å². The predicted molar refractivity (Wildman–Crippen MR) is 98.9 cm³/mol. The fraction of sp³-hybridized carbons (Fsp3) is 0.381. The first-order valence-corrected chi connectivity index (χ1v) is 9.32. The molecule has 0 spiro atoms. The summed E-state index contributed by atoms with van der Waals surface area (Å²) in [5.41, 5.74) is -0.482. The standard InChI is InChI=1S/C21H22N2O5/c1-3-23-18(24)15-16(19(23)25)21(20(26)27-2,12-13-8-5-4-6-9-13)22-17(15)14-10-7-11-28-14/h4-11,15-17,22H,3,12H2,1-2H3/t15-,16-,17+,21+/m0/s1. The Labute approximate surface area is 162 Å². The number of benzene rings is 1. The molecule has 2 saturated heterocycles. The summed E-state index contributed by atoms with van der Waals surface area (Å²) in [7, 11) is 1.30. The summed E-state index contributed by atoms with van der Waals surface area (Å²) in [5, 5.41) is 3.28. The molecule has 7 heteroatoms. The van der Waals surface area contributed by atoms with Crippen LogP contribution in [0.5, 0.6) is 0 Å². The number of furan rings is 1. The van der Waals surface area contributed by atoms with Gasteiger partial charge in [-0.1, -0.05) is 30.3 Å². The maximum Gasteiger partial charge on any atom is 0.327 e. The van der Waals surface area contributed by atoms with Gasteiger partial charge in [0, 0.05) is 13.0 Å². The van der Waals surface area contributed by atoms with Crippen molar-refractivity contribution >= 4 is 17.8 Å². The zero-order valence-corrected chi connectivity index (χ0v) is 15.8. The molecule has 2 aliphatic rings. The Morgan fingerprint density at radius 2 is 1.93 bits per heavy atom. The van der Waals surface area contributed by atoms with E-state index in [0.29, 0.717) is 5.76 Å². The van der Waals surface area contributed by atoms with E-state index in [1.165, 1.54) is 18.3 Å². The van der Waals surface area contributed by atoms with Crippen LogP contribution in [0.4, 0.5) is 0 Å². The number of esters is 1. The average molecular weight is 382 g/mol. The Morgan fingerprint density at radius 1 is 1.18 bits per heavy atom. The molecule has 3 heterocycles. The molecule has 1 aromatic heterocycles. The molecular formula is C21H22N2O5. The fourth-order valence-corrected chi connectivity index (χ4v) is 4.61. The molecule has 2 fully saturated rings. The number of methoxy groups -OCH3 is 1. The molecule has 1 aromatic carbocycles. The van der Waals surface area contributed by atoms with Crippen LogP contribution in [0.3, 0.4) is 0 Å². The van der Waals surface area contributed by atoms with Gasteiger partial charge in [0.15, 0.2) is 0 Å². The number of likely N-dealkylation sites (tertiary alicyclic amines) is 1. The monoisotopic (exact) mass is 382 g/mol. The lowest BCUT2D eigenvalue weighted by Crippen LogP contribution is -2.57. The van der Waals surface area contributed by atoms with Crippen molar-refractivity contribution in [2.45, 2.75) is 24.9 Å². The van der Waals surface area contributed by atoms with Gasteiger partial charge in [0.05, 0.1) is 31.3 Å². The fourth-order valence-electron chi connectivity index (χ4n) is 4.61. The van der Waals surface area contributed by atoms with Gasteiger partial charge in [-0.2, -0.15) is 0 Å². The van der Waals surface area contributed by atoms with E-state index in [-0.39, 0.29) is 24.8 Å². The van der Waals surface area contributed by atoms with Crippen LogP contribution >= 0.6 is 0 Å². The second-order valence-corrected chi connectivity index (χ2v) is 7.19. The normalized spacial score (nSPS) is 29.2. The maximum atomic E-state index is 13.2. The van der Waals surface area contributed by atoms with E-state index in [4.69, 9.17) is 9.15 Å². The molecule has 0 saturated carbocycles. The number of rotatable bonds is 5. The molecule has 1 N–H and O–H groups in total. The molecule has 0 radical (unpaired) electrons. The Balaban J connectivity index is 1.86. The Morgan fingerprint density at radius 3 is 2.54 bits per heavy atom. The van der Waals surface area contributed by atoms with Gasteiger partial charge in [0.2, 0.25) is 11.8 Å². The minimum absolute atomic E-state index is 0.232. The molecule has 2 aliphatic heterocycles. The zero-order chi connectivity index (χ0) is 19.9. The molecule has 146 valence electrons. The molecule has 4 rings (SSSR count). The van der Waals surface area contributed by atoms with Crippen molar-refractivity contribution in [2.24, 2.45) is 11.8 Å². The van der Waals surface area contributed by atoms with Crippen LogP contribution in [0, 0.1) is 11.8 Å². The van der Waals surface area contributed by atoms with Crippen molar-refractivity contribution in [1.82, 2.24) is 10.2 Å². The van der Waals surface area contributed by atoms with Gasteiger partial charge in [-0.3, -0.25) is 24.6 Å². The van der Waals surface area contributed by atoms with Gasteiger partial charge < -0.3 is 9.15 Å². The summed E-state index contributed by atoms with van der Waals surface area (Å²) in [6.45, 7) is 2.02. The Hall–Kier alpha value is -2.93. The second-order valence-electron chi connectivity index (χ2n) is 7.19. The average Bonchev–Trinajstić information content (AvgIpc) is 3.40. The highest BCUT2D eigenvalue weighted by molar-refractivity contribution is 6.09. The third-order valence-corrected chi connectivity index (χ3v) is 5.79. The van der Waals surface area contributed by atoms with Crippen LogP contribution in [0.15, 0.2) is 53.1 Å². The first-order chi connectivity index (χ1) is 13.5. The number of carbonyl (C=O) groups excluding carboxylic acids is 3. The summed E-state index contributed by atoms with van der Waals surface area (Å²) in [6.07, 6.45) is 1.75. The minimum Gasteiger partial charge on any atom is -0.468 e. The molecule has 2 aromatic rings. The van der Waals surface area contributed by atoms with Gasteiger partial charge in [-0.15, -0.1) is 0 Å². The zero-order valence-electron chi connectivity index (χ0n) is 15.8. The Bertz CT molecular complexity index is 895. The molecule has 0 unspecified atom stereocenters. The van der Waals surface area contributed by atoms with E-state index in [1.807, 2.05) is 30.3 Å². The minimum atomic E-state index is -1.35. The van der Waals surface area contributed by atoms with Gasteiger partial charge in [-0.25, -0.2) is 0 Å². The van der Waals surface area contributed by atoms with E-state index < -0.39 is 29.4 Å². The highest BCUT2D eigenvalue weighted by atomic mass is 16.5. The van der Waals surface area contributed by atoms with Gasteiger partial charge in [0.1, 0.15) is 11.3 Å². The second kappa shape index (κ2) is 6.91. The van der Waals surface area contributed by atoms with Crippen molar-refractivity contribution in [3.05, 3.63) is 60.1 Å². The quantitative estimate of drug-likeness (QED) is 0.625. The third kappa shape index (κ3) is 2.57. The number of carbonyl (C=O) groups is 3. The number of nitrogens with one attached hydrogen (secondary N) is 1. The molecule has 28 heavy (non-hydrogen) atoms. The van der Waals surface area contributed by atoms with Crippen LogP contribution in [0.1, 0.15) is 24.3 Å². The predicted octanol–water partition coefficient (Wildman–Crippen LogP) is 1.70. The van der Waals surface area contributed by atoms with E-state index in [2.05, 4.69) is 5.32 Å². The van der Waals surface area contributed by atoms with E-state index in [0.717, 1.165) is 5.56 Å². The largest absolute Gasteiger partial charge is 0.468 e. The van der Waals surface area contributed by atoms with Crippen LogP contribution < -0.4 is 5.32 Å². The summed E-state index contributed by atoms with van der Waals surface area (Å²) in [6, 6.07) is 12.3. The molecule has 0 bridgehead atoms. The lowest BCUT2D eigenvalue weighted by molar-refractivity contribution is -0.154. The summed E-state index contributed by atoms with van der Waals surface area (Å²) >= 11 is 0. The van der Waals surface area contributed by atoms with Crippen LogP contribution in [-0.2, 0) is 25.5 Å². The summed E-state index contributed by atoms with van der Waals surface area (Å²) in [5.74, 6) is -2.25. The molecular weight excluding hydrogens is 360 g/mol. The van der Waals surface area contributed by atoms with Crippen LogP contribution in [-0.4, -0.2) is 41.9 Å². The summed E-state index contributed by atoms with van der Waals surface area (Å²) in [4.78, 5) is 40.5. The third-order valence-electron chi connectivity index (χ3n) is 5.79. The van der Waals surface area contributed by atoms with Crippen molar-refractivity contribution < 1.29 is 23.5 Å². The smallest absolute Gasteiger partial charge is 0.327 e. The van der Waals surface area contributed by atoms with Gasteiger partial charge in [-0.05, 0) is 24.6 Å².